The molecule has 1 saturated heterocycles. The number of guanidine groups is 1. The molecule has 124 valence electrons. The van der Waals surface area contributed by atoms with Crippen LogP contribution in [0.4, 0.5) is 0 Å². The van der Waals surface area contributed by atoms with Gasteiger partial charge in [0.2, 0.25) is 0 Å². The number of rotatable bonds is 4. The first kappa shape index (κ1) is 19.0. The topological polar surface area (TPSA) is 36.9 Å². The molecule has 1 aliphatic carbocycles. The van der Waals surface area contributed by atoms with Crippen LogP contribution in [0.3, 0.4) is 0 Å². The van der Waals surface area contributed by atoms with Crippen LogP contribution >= 0.6 is 24.0 Å². The Morgan fingerprint density at radius 3 is 2.43 bits per heavy atom. The molecule has 0 atom stereocenters. The fraction of sp³-hybridized carbons (Fsp3) is 0.938. The highest BCUT2D eigenvalue weighted by atomic mass is 127. The number of aliphatic imine (C=N–C) groups is 1. The second-order valence-electron chi connectivity index (χ2n) is 6.56. The second kappa shape index (κ2) is 9.18. The molecule has 1 aliphatic heterocycles. The highest BCUT2D eigenvalue weighted by molar-refractivity contribution is 14.0. The Morgan fingerprint density at radius 1 is 1.29 bits per heavy atom. The van der Waals surface area contributed by atoms with Gasteiger partial charge in [0, 0.05) is 33.3 Å². The van der Waals surface area contributed by atoms with Crippen molar-refractivity contribution in [3.05, 3.63) is 0 Å². The standard InChI is InChI=1S/C16H31N3O.HI/c1-4-20-14-7-11-19(12-8-14)15(17-3)18-13-16(2)9-5-6-10-16;/h14H,4-13H2,1-3H3,(H,17,18);1H. The van der Waals surface area contributed by atoms with E-state index in [4.69, 9.17) is 4.74 Å². The minimum Gasteiger partial charge on any atom is -0.378 e. The molecule has 0 unspecified atom stereocenters. The number of nitrogens with zero attached hydrogens (tertiary/aromatic N) is 2. The highest BCUT2D eigenvalue weighted by Crippen LogP contribution is 2.36. The summed E-state index contributed by atoms with van der Waals surface area (Å²) in [6, 6.07) is 0. The molecule has 0 amide bonds. The van der Waals surface area contributed by atoms with Gasteiger partial charge >= 0.3 is 0 Å². The fourth-order valence-corrected chi connectivity index (χ4v) is 3.50. The molecule has 0 radical (unpaired) electrons. The lowest BCUT2D eigenvalue weighted by Gasteiger charge is -2.35. The monoisotopic (exact) mass is 409 g/mol. The van der Waals surface area contributed by atoms with Gasteiger partial charge in [0.25, 0.3) is 0 Å². The number of halogens is 1. The van der Waals surface area contributed by atoms with Gasteiger partial charge in [-0.3, -0.25) is 4.99 Å². The van der Waals surface area contributed by atoms with E-state index in [-0.39, 0.29) is 24.0 Å². The van der Waals surface area contributed by atoms with Crippen molar-refractivity contribution in [3.63, 3.8) is 0 Å². The Labute approximate surface area is 147 Å². The van der Waals surface area contributed by atoms with Crippen molar-refractivity contribution in [2.45, 2.75) is 58.5 Å². The van der Waals surface area contributed by atoms with Gasteiger partial charge in [-0.25, -0.2) is 0 Å². The summed E-state index contributed by atoms with van der Waals surface area (Å²) in [6.07, 6.45) is 8.15. The Hall–Kier alpha value is -0.0400. The van der Waals surface area contributed by atoms with E-state index < -0.39 is 0 Å². The molecule has 21 heavy (non-hydrogen) atoms. The molecule has 0 aromatic rings. The Kier molecular flexibility index (Phi) is 8.31. The molecule has 5 heteroatoms. The van der Waals surface area contributed by atoms with E-state index in [0.29, 0.717) is 11.5 Å². The largest absolute Gasteiger partial charge is 0.378 e. The van der Waals surface area contributed by atoms with Crippen molar-refractivity contribution >= 4 is 29.9 Å². The molecule has 1 heterocycles. The zero-order valence-corrected chi connectivity index (χ0v) is 16.2. The molecule has 1 saturated carbocycles. The van der Waals surface area contributed by atoms with Crippen LogP contribution in [0.15, 0.2) is 4.99 Å². The molecule has 2 aliphatic rings. The van der Waals surface area contributed by atoms with Crippen LogP contribution in [0.1, 0.15) is 52.4 Å². The fourth-order valence-electron chi connectivity index (χ4n) is 3.50. The quantitative estimate of drug-likeness (QED) is 0.440. The molecular weight excluding hydrogens is 377 g/mol. The van der Waals surface area contributed by atoms with E-state index in [2.05, 4.69) is 29.1 Å². The Bertz CT molecular complexity index is 321. The first-order valence-electron chi connectivity index (χ1n) is 8.24. The molecule has 0 aromatic carbocycles. The second-order valence-corrected chi connectivity index (χ2v) is 6.56. The maximum absolute atomic E-state index is 5.71. The predicted molar refractivity (Wildman–Crippen MR) is 99.6 cm³/mol. The van der Waals surface area contributed by atoms with Crippen molar-refractivity contribution in [1.82, 2.24) is 10.2 Å². The molecule has 0 bridgehead atoms. The average molecular weight is 409 g/mol. The maximum atomic E-state index is 5.71. The summed E-state index contributed by atoms with van der Waals surface area (Å²) >= 11 is 0. The van der Waals surface area contributed by atoms with Gasteiger partial charge in [-0.05, 0) is 38.0 Å². The molecule has 2 fully saturated rings. The van der Waals surface area contributed by atoms with Crippen molar-refractivity contribution in [1.29, 1.82) is 0 Å². The lowest BCUT2D eigenvalue weighted by atomic mass is 9.89. The third-order valence-electron chi connectivity index (χ3n) is 4.84. The number of hydrogen-bond acceptors (Lipinski definition) is 2. The van der Waals surface area contributed by atoms with E-state index in [1.807, 2.05) is 7.05 Å². The van der Waals surface area contributed by atoms with E-state index >= 15 is 0 Å². The van der Waals surface area contributed by atoms with E-state index in [9.17, 15) is 0 Å². The average Bonchev–Trinajstić information content (AvgIpc) is 2.89. The smallest absolute Gasteiger partial charge is 0.193 e. The maximum Gasteiger partial charge on any atom is 0.193 e. The summed E-state index contributed by atoms with van der Waals surface area (Å²) in [7, 11) is 1.90. The zero-order chi connectivity index (χ0) is 14.4. The van der Waals surface area contributed by atoms with Crippen molar-refractivity contribution in [3.8, 4) is 0 Å². The minimum atomic E-state index is 0. The van der Waals surface area contributed by atoms with E-state index in [1.165, 1.54) is 25.7 Å². The third kappa shape index (κ3) is 5.58. The molecule has 2 rings (SSSR count). The lowest BCUT2D eigenvalue weighted by Crippen LogP contribution is -2.49. The van der Waals surface area contributed by atoms with Crippen molar-refractivity contribution < 1.29 is 4.74 Å². The minimum absolute atomic E-state index is 0. The molecule has 0 aromatic heterocycles. The summed E-state index contributed by atoms with van der Waals surface area (Å²) in [4.78, 5) is 6.85. The van der Waals surface area contributed by atoms with Crippen molar-refractivity contribution in [2.75, 3.05) is 33.3 Å². The summed E-state index contributed by atoms with van der Waals surface area (Å²) in [5.41, 5.74) is 0.472. The molecular formula is C16H32IN3O. The highest BCUT2D eigenvalue weighted by Gasteiger charge is 2.29. The van der Waals surface area contributed by atoms with Crippen LogP contribution in [0.25, 0.3) is 0 Å². The van der Waals surface area contributed by atoms with Crippen LogP contribution in [-0.4, -0.2) is 50.3 Å². The number of ether oxygens (including phenoxy) is 1. The SMILES string of the molecule is CCOC1CCN(C(=NC)NCC2(C)CCCC2)CC1.I. The summed E-state index contributed by atoms with van der Waals surface area (Å²) in [5, 5.41) is 3.60. The predicted octanol–water partition coefficient (Wildman–Crippen LogP) is 3.26. The summed E-state index contributed by atoms with van der Waals surface area (Å²) < 4.78 is 5.71. The van der Waals surface area contributed by atoms with Crippen LogP contribution in [0.2, 0.25) is 0 Å². The first-order chi connectivity index (χ1) is 9.67. The molecule has 1 N–H and O–H groups in total. The lowest BCUT2D eigenvalue weighted by molar-refractivity contribution is 0.0263. The van der Waals surface area contributed by atoms with Gasteiger partial charge in [-0.1, -0.05) is 19.8 Å². The number of hydrogen-bond donors (Lipinski definition) is 1. The number of piperidine rings is 1. The van der Waals surface area contributed by atoms with Crippen LogP contribution < -0.4 is 5.32 Å². The van der Waals surface area contributed by atoms with Gasteiger partial charge in [0.15, 0.2) is 5.96 Å². The van der Waals surface area contributed by atoms with Crippen LogP contribution in [-0.2, 0) is 4.74 Å². The molecule has 4 nitrogen and oxygen atoms in total. The van der Waals surface area contributed by atoms with E-state index in [1.54, 1.807) is 0 Å². The van der Waals surface area contributed by atoms with Crippen LogP contribution in [0.5, 0.6) is 0 Å². The summed E-state index contributed by atoms with van der Waals surface area (Å²) in [6.45, 7) is 8.49. The number of nitrogens with one attached hydrogen (secondary N) is 1. The molecule has 0 spiro atoms. The normalized spacial score (nSPS) is 23.0. The van der Waals surface area contributed by atoms with Gasteiger partial charge in [-0.2, -0.15) is 0 Å². The zero-order valence-electron chi connectivity index (χ0n) is 13.9. The summed E-state index contributed by atoms with van der Waals surface area (Å²) in [5.74, 6) is 1.08. The van der Waals surface area contributed by atoms with Gasteiger partial charge in [-0.15, -0.1) is 24.0 Å². The van der Waals surface area contributed by atoms with Crippen molar-refractivity contribution in [2.24, 2.45) is 10.4 Å². The Morgan fingerprint density at radius 2 is 1.90 bits per heavy atom. The van der Waals surface area contributed by atoms with Gasteiger partial charge in [0.1, 0.15) is 0 Å². The number of likely N-dealkylation sites (tertiary alicyclic amines) is 1. The van der Waals surface area contributed by atoms with E-state index in [0.717, 1.165) is 45.0 Å². The van der Waals surface area contributed by atoms with Gasteiger partial charge < -0.3 is 15.0 Å². The van der Waals surface area contributed by atoms with Gasteiger partial charge in [0.05, 0.1) is 6.10 Å². The van der Waals surface area contributed by atoms with Crippen LogP contribution in [0, 0.1) is 5.41 Å². The Balaban J connectivity index is 0.00000220. The first-order valence-corrected chi connectivity index (χ1v) is 8.24. The third-order valence-corrected chi connectivity index (χ3v) is 4.84.